The lowest BCUT2D eigenvalue weighted by atomic mass is 9.64. The predicted octanol–water partition coefficient (Wildman–Crippen LogP) is 2.91. The Morgan fingerprint density at radius 2 is 2.05 bits per heavy atom. The number of carbonyl (C=O) groups excluding carboxylic acids is 1. The molecule has 4 nitrogen and oxygen atoms in total. The van der Waals surface area contributed by atoms with Crippen LogP contribution in [0.25, 0.3) is 0 Å². The molecule has 0 spiro atoms. The third-order valence-electron chi connectivity index (χ3n) is 6.54. The Balaban J connectivity index is 1.91. The van der Waals surface area contributed by atoms with Gasteiger partial charge in [-0.05, 0) is 49.1 Å². The zero-order valence-electron chi connectivity index (χ0n) is 13.2. The Morgan fingerprint density at radius 1 is 1.33 bits per heavy atom. The number of carbonyl (C=O) groups is 1. The van der Waals surface area contributed by atoms with Crippen LogP contribution in [-0.4, -0.2) is 22.1 Å². The molecule has 2 aliphatic carbocycles. The van der Waals surface area contributed by atoms with Crippen molar-refractivity contribution in [3.63, 3.8) is 0 Å². The van der Waals surface area contributed by atoms with Crippen molar-refractivity contribution in [2.75, 3.05) is 5.32 Å². The molecular formula is C17H24N2O2. The lowest BCUT2D eigenvalue weighted by molar-refractivity contribution is -0.130. The van der Waals surface area contributed by atoms with Gasteiger partial charge in [0.05, 0.1) is 11.5 Å². The van der Waals surface area contributed by atoms with Crippen molar-refractivity contribution in [1.29, 1.82) is 0 Å². The maximum atomic E-state index is 12.9. The third-order valence-corrected chi connectivity index (χ3v) is 6.54. The standard InChI is InChI=1S/C17H24N2O2/c1-11-6-5-7-13(18-11)19-14(21)17-9-8-16(4,12(20)10-17)15(17,2)3/h5-7,12,20H,8-10H2,1-4H3,(H,18,19,21)/t12-,16-,17+/m1/s1. The van der Waals surface area contributed by atoms with E-state index in [1.54, 1.807) is 0 Å². The number of amides is 1. The molecule has 1 amide bonds. The number of hydrogen-bond acceptors (Lipinski definition) is 3. The van der Waals surface area contributed by atoms with Crippen LogP contribution in [0.4, 0.5) is 5.82 Å². The number of pyridine rings is 1. The van der Waals surface area contributed by atoms with E-state index in [0.29, 0.717) is 12.2 Å². The molecule has 2 fully saturated rings. The molecule has 2 saturated carbocycles. The number of aliphatic hydroxyl groups is 1. The van der Waals surface area contributed by atoms with Gasteiger partial charge in [-0.1, -0.05) is 26.8 Å². The first-order chi connectivity index (χ1) is 9.73. The van der Waals surface area contributed by atoms with Gasteiger partial charge in [-0.15, -0.1) is 0 Å². The summed E-state index contributed by atoms with van der Waals surface area (Å²) in [6.07, 6.45) is 1.88. The molecule has 2 bridgehead atoms. The number of aryl methyl sites for hydroxylation is 1. The number of hydrogen-bond donors (Lipinski definition) is 2. The summed E-state index contributed by atoms with van der Waals surface area (Å²) in [6, 6.07) is 5.61. The lowest BCUT2D eigenvalue weighted by Crippen LogP contribution is -2.43. The molecule has 114 valence electrons. The highest BCUT2D eigenvalue weighted by Crippen LogP contribution is 2.72. The van der Waals surface area contributed by atoms with Gasteiger partial charge < -0.3 is 10.4 Å². The number of nitrogens with zero attached hydrogens (tertiary/aromatic N) is 1. The summed E-state index contributed by atoms with van der Waals surface area (Å²) in [5.41, 5.74) is -0.00289. The summed E-state index contributed by atoms with van der Waals surface area (Å²) in [6.45, 7) is 8.27. The fraction of sp³-hybridized carbons (Fsp3) is 0.647. The summed E-state index contributed by atoms with van der Waals surface area (Å²) in [5.74, 6) is 0.603. The summed E-state index contributed by atoms with van der Waals surface area (Å²) >= 11 is 0. The van der Waals surface area contributed by atoms with E-state index in [1.807, 2.05) is 25.1 Å². The largest absolute Gasteiger partial charge is 0.393 e. The van der Waals surface area contributed by atoms with Crippen molar-refractivity contribution >= 4 is 11.7 Å². The fourth-order valence-corrected chi connectivity index (χ4v) is 4.48. The fourth-order valence-electron chi connectivity index (χ4n) is 4.48. The first-order valence-electron chi connectivity index (χ1n) is 7.66. The highest BCUT2D eigenvalue weighted by atomic mass is 16.3. The number of aliphatic hydroxyl groups excluding tert-OH is 1. The topological polar surface area (TPSA) is 62.2 Å². The molecule has 0 aromatic carbocycles. The molecule has 1 heterocycles. The van der Waals surface area contributed by atoms with Gasteiger partial charge in [0.15, 0.2) is 0 Å². The van der Waals surface area contributed by atoms with Gasteiger partial charge in [0.25, 0.3) is 0 Å². The van der Waals surface area contributed by atoms with Crippen LogP contribution in [0.1, 0.15) is 45.7 Å². The number of fused-ring (bicyclic) bond motifs is 2. The molecule has 4 heteroatoms. The molecule has 2 aliphatic rings. The number of nitrogens with one attached hydrogen (secondary N) is 1. The van der Waals surface area contributed by atoms with Crippen LogP contribution in [0.5, 0.6) is 0 Å². The van der Waals surface area contributed by atoms with Crippen molar-refractivity contribution in [3.8, 4) is 0 Å². The van der Waals surface area contributed by atoms with Crippen LogP contribution in [0.3, 0.4) is 0 Å². The van der Waals surface area contributed by atoms with E-state index in [4.69, 9.17) is 0 Å². The number of anilines is 1. The molecule has 0 radical (unpaired) electrons. The van der Waals surface area contributed by atoms with Crippen LogP contribution >= 0.6 is 0 Å². The van der Waals surface area contributed by atoms with Crippen molar-refractivity contribution in [2.45, 2.75) is 53.1 Å². The van der Waals surface area contributed by atoms with Crippen molar-refractivity contribution in [2.24, 2.45) is 16.2 Å². The molecule has 3 atom stereocenters. The highest BCUT2D eigenvalue weighted by molar-refractivity contribution is 5.96. The minimum absolute atomic E-state index is 0.00544. The normalized spacial score (nSPS) is 36.7. The Labute approximate surface area is 126 Å². The number of aromatic nitrogens is 1. The molecule has 0 unspecified atom stereocenters. The van der Waals surface area contributed by atoms with E-state index in [-0.39, 0.29) is 16.7 Å². The molecular weight excluding hydrogens is 264 g/mol. The summed E-state index contributed by atoms with van der Waals surface area (Å²) in [7, 11) is 0. The van der Waals surface area contributed by atoms with Crippen molar-refractivity contribution in [3.05, 3.63) is 23.9 Å². The zero-order valence-corrected chi connectivity index (χ0v) is 13.2. The summed E-state index contributed by atoms with van der Waals surface area (Å²) in [5, 5.41) is 13.4. The average Bonchev–Trinajstić information content (AvgIpc) is 2.69. The Hall–Kier alpha value is -1.42. The Kier molecular flexibility index (Phi) is 2.97. The van der Waals surface area contributed by atoms with Gasteiger partial charge in [-0.25, -0.2) is 4.98 Å². The van der Waals surface area contributed by atoms with E-state index in [9.17, 15) is 9.90 Å². The third kappa shape index (κ3) is 1.71. The first-order valence-corrected chi connectivity index (χ1v) is 7.66. The van der Waals surface area contributed by atoms with Crippen LogP contribution in [0.2, 0.25) is 0 Å². The maximum Gasteiger partial charge on any atom is 0.232 e. The molecule has 3 rings (SSSR count). The van der Waals surface area contributed by atoms with E-state index >= 15 is 0 Å². The van der Waals surface area contributed by atoms with E-state index in [2.05, 4.69) is 31.1 Å². The minimum Gasteiger partial charge on any atom is -0.393 e. The van der Waals surface area contributed by atoms with Gasteiger partial charge in [-0.3, -0.25) is 4.79 Å². The molecule has 0 aliphatic heterocycles. The quantitative estimate of drug-likeness (QED) is 0.879. The van der Waals surface area contributed by atoms with Gasteiger partial charge in [0.2, 0.25) is 5.91 Å². The first kappa shape index (κ1) is 14.5. The summed E-state index contributed by atoms with van der Waals surface area (Å²) < 4.78 is 0. The lowest BCUT2D eigenvalue weighted by Gasteiger charge is -2.40. The predicted molar refractivity (Wildman–Crippen MR) is 81.8 cm³/mol. The zero-order chi connectivity index (χ0) is 15.5. The monoisotopic (exact) mass is 288 g/mol. The molecule has 21 heavy (non-hydrogen) atoms. The van der Waals surface area contributed by atoms with Gasteiger partial charge in [-0.2, -0.15) is 0 Å². The highest BCUT2D eigenvalue weighted by Gasteiger charge is 2.72. The van der Waals surface area contributed by atoms with Crippen molar-refractivity contribution in [1.82, 2.24) is 4.98 Å². The molecule has 1 aromatic heterocycles. The summed E-state index contributed by atoms with van der Waals surface area (Å²) in [4.78, 5) is 17.3. The van der Waals surface area contributed by atoms with Crippen LogP contribution in [-0.2, 0) is 4.79 Å². The van der Waals surface area contributed by atoms with E-state index in [1.165, 1.54) is 0 Å². The van der Waals surface area contributed by atoms with Crippen LogP contribution in [0.15, 0.2) is 18.2 Å². The van der Waals surface area contributed by atoms with Gasteiger partial charge in [0, 0.05) is 5.69 Å². The second-order valence-electron chi connectivity index (χ2n) is 7.46. The SMILES string of the molecule is Cc1cccc(NC(=O)[C@]23CC[C@](C)([C@H](O)C2)C3(C)C)n1. The molecule has 0 saturated heterocycles. The maximum absolute atomic E-state index is 12.9. The smallest absolute Gasteiger partial charge is 0.232 e. The second-order valence-corrected chi connectivity index (χ2v) is 7.46. The Bertz CT molecular complexity index is 598. The molecule has 2 N–H and O–H groups in total. The second kappa shape index (κ2) is 4.29. The van der Waals surface area contributed by atoms with E-state index < -0.39 is 11.5 Å². The van der Waals surface area contributed by atoms with Gasteiger partial charge in [0.1, 0.15) is 5.82 Å². The molecule has 1 aromatic rings. The van der Waals surface area contributed by atoms with Crippen LogP contribution in [0, 0.1) is 23.2 Å². The van der Waals surface area contributed by atoms with Gasteiger partial charge >= 0.3 is 0 Å². The average molecular weight is 288 g/mol. The van der Waals surface area contributed by atoms with E-state index in [0.717, 1.165) is 18.5 Å². The Morgan fingerprint density at radius 3 is 2.57 bits per heavy atom. The van der Waals surface area contributed by atoms with Crippen molar-refractivity contribution < 1.29 is 9.90 Å². The van der Waals surface area contributed by atoms with Crippen LogP contribution < -0.4 is 5.32 Å². The minimum atomic E-state index is -0.493. The number of rotatable bonds is 2.